The minimum absolute atomic E-state index is 0.0171. The summed E-state index contributed by atoms with van der Waals surface area (Å²) in [6.45, 7) is 12.3. The van der Waals surface area contributed by atoms with Gasteiger partial charge in [-0.1, -0.05) is 51.1 Å². The standard InChI is InChI=1S/C27H31N3O3S/c1-17-14-22(18(2)29(17)15-21-8-7-13-34-21)23(31)16-30-24(32)27(6,28-25(30)33)20-11-9-19(10-12-20)26(3,4)5/h7-14H,15-16H2,1-6H3,(H,28,33)/t27-/m1/s1. The van der Waals surface area contributed by atoms with E-state index in [0.29, 0.717) is 17.7 Å². The lowest BCUT2D eigenvalue weighted by Crippen LogP contribution is -2.41. The van der Waals surface area contributed by atoms with E-state index < -0.39 is 17.5 Å². The molecule has 2 aromatic heterocycles. The molecule has 0 spiro atoms. The van der Waals surface area contributed by atoms with Gasteiger partial charge in [0, 0.05) is 21.8 Å². The van der Waals surface area contributed by atoms with Gasteiger partial charge in [0.15, 0.2) is 5.78 Å². The number of aromatic nitrogens is 1. The number of hydrogen-bond acceptors (Lipinski definition) is 4. The number of carbonyl (C=O) groups excluding carboxylic acids is 3. The van der Waals surface area contributed by atoms with Crippen molar-refractivity contribution in [3.8, 4) is 0 Å². The highest BCUT2D eigenvalue weighted by molar-refractivity contribution is 7.09. The van der Waals surface area contributed by atoms with E-state index in [4.69, 9.17) is 0 Å². The summed E-state index contributed by atoms with van der Waals surface area (Å²) >= 11 is 1.67. The van der Waals surface area contributed by atoms with E-state index in [2.05, 4.69) is 36.7 Å². The Hall–Kier alpha value is -3.19. The molecule has 1 aliphatic rings. The molecule has 3 heterocycles. The van der Waals surface area contributed by atoms with Crippen LogP contribution < -0.4 is 5.32 Å². The molecule has 1 atom stereocenters. The SMILES string of the molecule is Cc1cc(C(=O)CN2C(=O)N[C@](C)(c3ccc(C(C)(C)C)cc3)C2=O)c(C)n1Cc1cccs1. The number of carbonyl (C=O) groups is 3. The topological polar surface area (TPSA) is 71.4 Å². The highest BCUT2D eigenvalue weighted by atomic mass is 32.1. The number of urea groups is 1. The molecule has 1 saturated heterocycles. The Morgan fingerprint density at radius 1 is 1.09 bits per heavy atom. The van der Waals surface area contributed by atoms with Crippen molar-refractivity contribution in [1.29, 1.82) is 0 Å². The van der Waals surface area contributed by atoms with Gasteiger partial charge in [0.25, 0.3) is 5.91 Å². The molecular formula is C27H31N3O3S. The summed E-state index contributed by atoms with van der Waals surface area (Å²) in [6, 6.07) is 13.1. The van der Waals surface area contributed by atoms with Crippen molar-refractivity contribution in [2.45, 2.75) is 59.0 Å². The molecular weight excluding hydrogens is 446 g/mol. The van der Waals surface area contributed by atoms with Crippen LogP contribution in [0.1, 0.15) is 65.4 Å². The molecule has 0 saturated carbocycles. The van der Waals surface area contributed by atoms with Crippen molar-refractivity contribution in [2.24, 2.45) is 0 Å². The predicted molar refractivity (Wildman–Crippen MR) is 134 cm³/mol. The lowest BCUT2D eigenvalue weighted by atomic mass is 9.84. The van der Waals surface area contributed by atoms with Crippen molar-refractivity contribution in [3.05, 3.63) is 80.8 Å². The molecule has 0 bridgehead atoms. The fourth-order valence-electron chi connectivity index (χ4n) is 4.45. The van der Waals surface area contributed by atoms with Crippen LogP contribution in [0.25, 0.3) is 0 Å². The Morgan fingerprint density at radius 2 is 1.76 bits per heavy atom. The molecule has 1 fully saturated rings. The normalized spacial score (nSPS) is 18.5. The van der Waals surface area contributed by atoms with Crippen molar-refractivity contribution >= 4 is 29.1 Å². The first-order chi connectivity index (χ1) is 15.9. The minimum atomic E-state index is -1.20. The first-order valence-electron chi connectivity index (χ1n) is 11.4. The number of thiophene rings is 1. The molecule has 1 N–H and O–H groups in total. The molecule has 1 aliphatic heterocycles. The van der Waals surface area contributed by atoms with E-state index in [0.717, 1.165) is 21.9 Å². The number of rotatable bonds is 6. The Bertz CT molecular complexity index is 1250. The Labute approximate surface area is 204 Å². The van der Waals surface area contributed by atoms with Crippen LogP contribution in [0.2, 0.25) is 0 Å². The second-order valence-corrected chi connectivity index (χ2v) is 11.2. The molecule has 0 radical (unpaired) electrons. The first-order valence-corrected chi connectivity index (χ1v) is 12.3. The minimum Gasteiger partial charge on any atom is -0.343 e. The van der Waals surface area contributed by atoms with Gasteiger partial charge in [0.05, 0.1) is 13.1 Å². The molecule has 7 heteroatoms. The van der Waals surface area contributed by atoms with Crippen LogP contribution in [-0.4, -0.2) is 33.7 Å². The van der Waals surface area contributed by atoms with E-state index in [1.54, 1.807) is 18.3 Å². The number of Topliss-reactive ketones (excluding diaryl/α,β-unsaturated/α-hetero) is 1. The van der Waals surface area contributed by atoms with Crippen molar-refractivity contribution in [1.82, 2.24) is 14.8 Å². The number of amides is 3. The van der Waals surface area contributed by atoms with E-state index in [1.807, 2.05) is 55.6 Å². The molecule has 0 unspecified atom stereocenters. The van der Waals surface area contributed by atoms with Crippen molar-refractivity contribution < 1.29 is 14.4 Å². The first kappa shape index (κ1) is 24.0. The fourth-order valence-corrected chi connectivity index (χ4v) is 5.15. The van der Waals surface area contributed by atoms with E-state index in [1.165, 1.54) is 4.88 Å². The maximum Gasteiger partial charge on any atom is 0.325 e. The second kappa shape index (κ2) is 8.55. The number of nitrogens with zero attached hydrogens (tertiary/aromatic N) is 2. The average Bonchev–Trinajstić information content (AvgIpc) is 3.45. The van der Waals surface area contributed by atoms with Crippen LogP contribution >= 0.6 is 11.3 Å². The molecule has 6 nitrogen and oxygen atoms in total. The van der Waals surface area contributed by atoms with Crippen LogP contribution in [-0.2, 0) is 22.3 Å². The highest BCUT2D eigenvalue weighted by Gasteiger charge is 2.49. The third kappa shape index (κ3) is 4.20. The van der Waals surface area contributed by atoms with Crippen molar-refractivity contribution in [3.63, 3.8) is 0 Å². The molecule has 4 rings (SSSR count). The number of nitrogens with one attached hydrogen (secondary N) is 1. The van der Waals surface area contributed by atoms with Gasteiger partial charge in [-0.3, -0.25) is 14.5 Å². The third-order valence-electron chi connectivity index (χ3n) is 6.67. The lowest BCUT2D eigenvalue weighted by Gasteiger charge is -2.24. The Balaban J connectivity index is 1.54. The van der Waals surface area contributed by atoms with Crippen molar-refractivity contribution in [2.75, 3.05) is 6.54 Å². The smallest absolute Gasteiger partial charge is 0.325 e. The van der Waals surface area contributed by atoms with Crippen LogP contribution in [0.3, 0.4) is 0 Å². The van der Waals surface area contributed by atoms with Gasteiger partial charge in [0.2, 0.25) is 0 Å². The maximum atomic E-state index is 13.3. The number of benzene rings is 1. The van der Waals surface area contributed by atoms with Gasteiger partial charge in [-0.25, -0.2) is 4.79 Å². The summed E-state index contributed by atoms with van der Waals surface area (Å²) in [7, 11) is 0. The molecule has 34 heavy (non-hydrogen) atoms. The predicted octanol–water partition coefficient (Wildman–Crippen LogP) is 5.16. The molecule has 0 aliphatic carbocycles. The Kier molecular flexibility index (Phi) is 6.02. The maximum absolute atomic E-state index is 13.3. The quantitative estimate of drug-likeness (QED) is 0.394. The lowest BCUT2D eigenvalue weighted by molar-refractivity contribution is -0.130. The zero-order valence-corrected chi connectivity index (χ0v) is 21.4. The highest BCUT2D eigenvalue weighted by Crippen LogP contribution is 2.31. The summed E-state index contributed by atoms with van der Waals surface area (Å²) < 4.78 is 2.09. The monoisotopic (exact) mass is 477 g/mol. The molecule has 3 aromatic rings. The zero-order valence-electron chi connectivity index (χ0n) is 20.6. The number of aryl methyl sites for hydroxylation is 1. The summed E-state index contributed by atoms with van der Waals surface area (Å²) in [6.07, 6.45) is 0. The average molecular weight is 478 g/mol. The number of ketones is 1. The van der Waals surface area contributed by atoms with E-state index in [-0.39, 0.29) is 17.7 Å². The largest absolute Gasteiger partial charge is 0.343 e. The van der Waals surface area contributed by atoms with E-state index in [9.17, 15) is 14.4 Å². The number of hydrogen-bond donors (Lipinski definition) is 1. The van der Waals surface area contributed by atoms with Gasteiger partial charge in [-0.2, -0.15) is 0 Å². The van der Waals surface area contributed by atoms with Gasteiger partial charge >= 0.3 is 6.03 Å². The van der Waals surface area contributed by atoms with Crippen LogP contribution in [0, 0.1) is 13.8 Å². The summed E-state index contributed by atoms with van der Waals surface area (Å²) in [5, 5.41) is 4.83. The summed E-state index contributed by atoms with van der Waals surface area (Å²) in [4.78, 5) is 41.5. The van der Waals surface area contributed by atoms with Gasteiger partial charge < -0.3 is 9.88 Å². The molecule has 3 amide bonds. The summed E-state index contributed by atoms with van der Waals surface area (Å²) in [5.74, 6) is -0.664. The fraction of sp³-hybridized carbons (Fsp3) is 0.370. The van der Waals surface area contributed by atoms with Gasteiger partial charge in [0.1, 0.15) is 5.54 Å². The summed E-state index contributed by atoms with van der Waals surface area (Å²) in [5.41, 5.74) is 2.96. The van der Waals surface area contributed by atoms with E-state index >= 15 is 0 Å². The van der Waals surface area contributed by atoms with Crippen LogP contribution in [0.4, 0.5) is 4.79 Å². The second-order valence-electron chi connectivity index (χ2n) is 10.1. The number of imide groups is 1. The van der Waals surface area contributed by atoms with Gasteiger partial charge in [-0.05, 0) is 54.8 Å². The van der Waals surface area contributed by atoms with Crippen LogP contribution in [0.5, 0.6) is 0 Å². The third-order valence-corrected chi connectivity index (χ3v) is 7.53. The molecule has 1 aromatic carbocycles. The Morgan fingerprint density at radius 3 is 2.35 bits per heavy atom. The van der Waals surface area contributed by atoms with Gasteiger partial charge in [-0.15, -0.1) is 11.3 Å². The molecule has 178 valence electrons. The zero-order chi connectivity index (χ0) is 24.8. The van der Waals surface area contributed by atoms with Crippen LogP contribution in [0.15, 0.2) is 47.8 Å².